The van der Waals surface area contributed by atoms with Crippen molar-refractivity contribution in [3.63, 3.8) is 0 Å². The van der Waals surface area contributed by atoms with Crippen LogP contribution < -0.4 is 0 Å². The molecule has 0 heterocycles. The molecule has 0 saturated heterocycles. The van der Waals surface area contributed by atoms with Gasteiger partial charge in [0.05, 0.1) is 5.75 Å². The second-order valence-electron chi connectivity index (χ2n) is 5.85. The summed E-state index contributed by atoms with van der Waals surface area (Å²) in [6.45, 7) is 0. The molecule has 0 aliphatic heterocycles. The molecule has 18 heavy (non-hydrogen) atoms. The van der Waals surface area contributed by atoms with E-state index in [9.17, 15) is 8.42 Å². The number of rotatable bonds is 5. The van der Waals surface area contributed by atoms with Gasteiger partial charge in [-0.2, -0.15) is 20.2 Å². The van der Waals surface area contributed by atoms with Crippen molar-refractivity contribution < 1.29 is 13.0 Å². The minimum atomic E-state index is -3.77. The van der Waals surface area contributed by atoms with Crippen molar-refractivity contribution in [2.24, 2.45) is 23.7 Å². The summed E-state index contributed by atoms with van der Waals surface area (Å²) in [4.78, 5) is 0. The van der Waals surface area contributed by atoms with Gasteiger partial charge in [0.15, 0.2) is 0 Å². The van der Waals surface area contributed by atoms with E-state index in [2.05, 4.69) is 12.2 Å². The van der Waals surface area contributed by atoms with Crippen LogP contribution in [0.4, 0.5) is 0 Å². The normalized spacial score (nSPS) is 41.5. The molecule has 5 heteroatoms. The lowest BCUT2D eigenvalue weighted by molar-refractivity contribution is 0.292. The Morgan fingerprint density at radius 2 is 2.11 bits per heavy atom. The lowest BCUT2D eigenvalue weighted by atomic mass is 9.81. The van der Waals surface area contributed by atoms with E-state index in [4.69, 9.17) is 4.55 Å². The number of thioether (sulfide) groups is 1. The highest BCUT2D eigenvalue weighted by atomic mass is 32.2. The van der Waals surface area contributed by atoms with Crippen LogP contribution in [0.5, 0.6) is 0 Å². The summed E-state index contributed by atoms with van der Waals surface area (Å²) in [6.07, 6.45) is 9.30. The molecular formula is C13H20O3S2. The Hall–Kier alpha value is -0.000000000000000111. The van der Waals surface area contributed by atoms with Crippen LogP contribution in [0.25, 0.3) is 0 Å². The summed E-state index contributed by atoms with van der Waals surface area (Å²) >= 11 is 1.93. The van der Waals surface area contributed by atoms with E-state index in [-0.39, 0.29) is 5.75 Å². The van der Waals surface area contributed by atoms with Gasteiger partial charge in [-0.3, -0.25) is 4.55 Å². The molecule has 2 saturated carbocycles. The highest BCUT2D eigenvalue weighted by Gasteiger charge is 2.52. The minimum Gasteiger partial charge on any atom is -0.286 e. The first kappa shape index (κ1) is 13.0. The van der Waals surface area contributed by atoms with Crippen LogP contribution >= 0.6 is 11.8 Å². The molecule has 2 fully saturated rings. The van der Waals surface area contributed by atoms with Gasteiger partial charge in [-0.05, 0) is 55.1 Å². The molecule has 3 nitrogen and oxygen atoms in total. The minimum absolute atomic E-state index is 0.0889. The van der Waals surface area contributed by atoms with Gasteiger partial charge < -0.3 is 0 Å². The van der Waals surface area contributed by atoms with Crippen molar-refractivity contribution in [3.8, 4) is 0 Å². The first-order chi connectivity index (χ1) is 8.54. The van der Waals surface area contributed by atoms with E-state index in [1.165, 1.54) is 19.3 Å². The number of hydrogen-bond donors (Lipinski definition) is 1. The van der Waals surface area contributed by atoms with Crippen LogP contribution in [0.15, 0.2) is 12.2 Å². The third-order valence-corrected chi connectivity index (χ3v) is 7.12. The Labute approximate surface area is 113 Å². The van der Waals surface area contributed by atoms with Crippen LogP contribution in [0, 0.1) is 23.7 Å². The number of fused-ring (bicyclic) bond motifs is 5. The van der Waals surface area contributed by atoms with E-state index in [1.54, 1.807) is 0 Å². The van der Waals surface area contributed by atoms with Crippen LogP contribution in [0.1, 0.15) is 25.7 Å². The fourth-order valence-corrected chi connectivity index (χ4v) is 6.41. The van der Waals surface area contributed by atoms with Crippen molar-refractivity contribution in [1.29, 1.82) is 0 Å². The van der Waals surface area contributed by atoms with Crippen molar-refractivity contribution in [2.75, 3.05) is 11.5 Å². The number of hydrogen-bond acceptors (Lipinski definition) is 3. The van der Waals surface area contributed by atoms with Crippen molar-refractivity contribution in [1.82, 2.24) is 0 Å². The van der Waals surface area contributed by atoms with Gasteiger partial charge in [-0.15, -0.1) is 0 Å². The van der Waals surface area contributed by atoms with Gasteiger partial charge in [0.2, 0.25) is 0 Å². The maximum atomic E-state index is 10.6. The monoisotopic (exact) mass is 288 g/mol. The van der Waals surface area contributed by atoms with Crippen LogP contribution in [0.3, 0.4) is 0 Å². The molecule has 3 aliphatic rings. The Morgan fingerprint density at radius 1 is 1.28 bits per heavy atom. The smallest absolute Gasteiger partial charge is 0.264 e. The average Bonchev–Trinajstić information content (AvgIpc) is 2.94. The highest BCUT2D eigenvalue weighted by Crippen LogP contribution is 2.59. The molecule has 102 valence electrons. The maximum absolute atomic E-state index is 10.6. The summed E-state index contributed by atoms with van der Waals surface area (Å²) < 4.78 is 30.0. The molecule has 3 rings (SSSR count). The summed E-state index contributed by atoms with van der Waals surface area (Å²) in [6, 6.07) is 0. The molecular weight excluding hydrogens is 268 g/mol. The van der Waals surface area contributed by atoms with Gasteiger partial charge in [-0.1, -0.05) is 12.2 Å². The van der Waals surface area contributed by atoms with E-state index < -0.39 is 10.1 Å². The molecule has 5 atom stereocenters. The van der Waals surface area contributed by atoms with Gasteiger partial charge in [0, 0.05) is 5.25 Å². The average molecular weight is 288 g/mol. The Kier molecular flexibility index (Phi) is 3.49. The quantitative estimate of drug-likeness (QED) is 0.480. The zero-order chi connectivity index (χ0) is 12.8. The fraction of sp³-hybridized carbons (Fsp3) is 0.846. The van der Waals surface area contributed by atoms with E-state index in [0.717, 1.165) is 34.7 Å². The van der Waals surface area contributed by atoms with Gasteiger partial charge in [0.1, 0.15) is 0 Å². The van der Waals surface area contributed by atoms with E-state index in [0.29, 0.717) is 6.42 Å². The molecule has 0 aromatic carbocycles. The first-order valence-corrected chi connectivity index (χ1v) is 9.44. The van der Waals surface area contributed by atoms with Crippen molar-refractivity contribution in [3.05, 3.63) is 12.2 Å². The molecule has 3 aliphatic carbocycles. The summed E-state index contributed by atoms with van der Waals surface area (Å²) in [7, 11) is -3.77. The number of allylic oxidation sites excluding steroid dienone is 2. The van der Waals surface area contributed by atoms with Crippen LogP contribution in [0.2, 0.25) is 0 Å². The lowest BCUT2D eigenvalue weighted by Crippen LogP contribution is -2.26. The zero-order valence-corrected chi connectivity index (χ0v) is 12.0. The molecule has 2 bridgehead atoms. The van der Waals surface area contributed by atoms with Crippen LogP contribution in [-0.2, 0) is 10.1 Å². The first-order valence-electron chi connectivity index (χ1n) is 6.78. The standard InChI is InChI=1S/C13H20O3S2/c14-18(15,16)6-2-5-17-13-8-9-7-12(13)11-4-1-3-10(9)11/h1,3,9-13H,2,4-8H2,(H,14,15,16)/t9-,10+,11+,12-,13-/m1/s1. The summed E-state index contributed by atoms with van der Waals surface area (Å²) in [5, 5.41) is 0.734. The second-order valence-corrected chi connectivity index (χ2v) is 8.77. The predicted octanol–water partition coefficient (Wildman–Crippen LogP) is 2.60. The second kappa shape index (κ2) is 4.84. The SMILES string of the molecule is O=S(=O)(O)CCCS[C@@H]1C[C@H]2C[C@@H]1[C@H]1CC=C[C@@H]21. The fourth-order valence-electron chi connectivity index (χ4n) is 4.16. The van der Waals surface area contributed by atoms with E-state index in [1.807, 2.05) is 11.8 Å². The predicted molar refractivity (Wildman–Crippen MR) is 74.2 cm³/mol. The Balaban J connectivity index is 1.46. The Morgan fingerprint density at radius 3 is 2.89 bits per heavy atom. The van der Waals surface area contributed by atoms with Gasteiger partial charge in [-0.25, -0.2) is 0 Å². The van der Waals surface area contributed by atoms with E-state index >= 15 is 0 Å². The van der Waals surface area contributed by atoms with Gasteiger partial charge in [0.25, 0.3) is 10.1 Å². The summed E-state index contributed by atoms with van der Waals surface area (Å²) in [5.41, 5.74) is 0. The largest absolute Gasteiger partial charge is 0.286 e. The highest BCUT2D eigenvalue weighted by molar-refractivity contribution is 7.99. The van der Waals surface area contributed by atoms with Crippen molar-refractivity contribution in [2.45, 2.75) is 30.9 Å². The topological polar surface area (TPSA) is 54.4 Å². The summed E-state index contributed by atoms with van der Waals surface area (Å²) in [5.74, 6) is 4.24. The maximum Gasteiger partial charge on any atom is 0.264 e. The molecule has 0 unspecified atom stereocenters. The van der Waals surface area contributed by atoms with Crippen LogP contribution in [-0.4, -0.2) is 29.7 Å². The third-order valence-electron chi connectivity index (χ3n) is 4.82. The lowest BCUT2D eigenvalue weighted by Gasteiger charge is -2.31. The molecule has 0 aromatic heterocycles. The molecule has 0 radical (unpaired) electrons. The Bertz CT molecular complexity index is 443. The molecule has 0 aromatic rings. The third kappa shape index (κ3) is 2.49. The zero-order valence-electron chi connectivity index (χ0n) is 10.4. The van der Waals surface area contributed by atoms with Crippen molar-refractivity contribution >= 4 is 21.9 Å². The molecule has 0 amide bonds. The molecule has 0 spiro atoms. The van der Waals surface area contributed by atoms with Gasteiger partial charge >= 0.3 is 0 Å². The molecule has 1 N–H and O–H groups in total.